The number of aliphatic imine (C=N–C) groups is 1. The molecule has 0 spiro atoms. The van der Waals surface area contributed by atoms with Crippen LogP contribution in [0, 0.1) is 5.82 Å². The second kappa shape index (κ2) is 8.23. The van der Waals surface area contributed by atoms with Crippen LogP contribution in [0.5, 0.6) is 11.5 Å². The van der Waals surface area contributed by atoms with Crippen molar-refractivity contribution in [3.05, 3.63) is 94.3 Å². The quantitative estimate of drug-likeness (QED) is 0.604. The Morgan fingerprint density at radius 2 is 1.79 bits per heavy atom. The highest BCUT2D eigenvalue weighted by Gasteiger charge is 2.28. The fraction of sp³-hybridized carbons (Fsp3) is 0.174. The number of hydrogen-bond donors (Lipinski definition) is 2. The molecule has 0 saturated carbocycles. The molecule has 4 nitrogen and oxygen atoms in total. The van der Waals surface area contributed by atoms with Gasteiger partial charge in [0.2, 0.25) is 0 Å². The van der Waals surface area contributed by atoms with E-state index in [0.29, 0.717) is 17.2 Å². The maximum Gasteiger partial charge on any atom is 0.162 e. The van der Waals surface area contributed by atoms with Crippen molar-refractivity contribution in [2.24, 2.45) is 4.99 Å². The van der Waals surface area contributed by atoms with Gasteiger partial charge >= 0.3 is 0 Å². The lowest BCUT2D eigenvalue weighted by Crippen LogP contribution is -2.33. The van der Waals surface area contributed by atoms with Crippen LogP contribution in [-0.4, -0.2) is 17.9 Å². The minimum Gasteiger partial charge on any atom is -0.504 e. The molecule has 3 aromatic carbocycles. The molecule has 0 amide bonds. The van der Waals surface area contributed by atoms with Crippen LogP contribution < -0.4 is 10.1 Å². The van der Waals surface area contributed by atoms with Crippen LogP contribution in [0.1, 0.15) is 35.3 Å². The minimum atomic E-state index is -0.384. The summed E-state index contributed by atoms with van der Waals surface area (Å²) < 4.78 is 18.7. The van der Waals surface area contributed by atoms with Gasteiger partial charge in [-0.3, -0.25) is 10.3 Å². The third-order valence-electron chi connectivity index (χ3n) is 5.03. The Labute approximate surface area is 173 Å². The molecular weight excluding hydrogens is 391 g/mol. The average molecular weight is 411 g/mol. The van der Waals surface area contributed by atoms with Crippen molar-refractivity contribution in [1.82, 2.24) is 5.32 Å². The lowest BCUT2D eigenvalue weighted by molar-refractivity contribution is 0.360. The van der Waals surface area contributed by atoms with Crippen LogP contribution in [0.4, 0.5) is 4.39 Å². The van der Waals surface area contributed by atoms with E-state index >= 15 is 0 Å². The van der Waals surface area contributed by atoms with Crippen LogP contribution in [0.25, 0.3) is 0 Å². The van der Waals surface area contributed by atoms with Crippen LogP contribution in [0.3, 0.4) is 0 Å². The van der Waals surface area contributed by atoms with E-state index in [1.54, 1.807) is 18.2 Å². The van der Waals surface area contributed by atoms with Crippen molar-refractivity contribution < 1.29 is 14.2 Å². The van der Waals surface area contributed by atoms with E-state index in [9.17, 15) is 9.50 Å². The highest BCUT2D eigenvalue weighted by molar-refractivity contribution is 6.30. The fourth-order valence-corrected chi connectivity index (χ4v) is 3.65. The zero-order valence-corrected chi connectivity index (χ0v) is 16.5. The number of benzene rings is 3. The number of phenols is 1. The average Bonchev–Trinajstić information content (AvgIpc) is 2.74. The molecule has 0 aliphatic carbocycles. The van der Waals surface area contributed by atoms with Gasteiger partial charge < -0.3 is 9.84 Å². The zero-order valence-electron chi connectivity index (χ0n) is 15.8. The largest absolute Gasteiger partial charge is 0.504 e. The third-order valence-corrected chi connectivity index (χ3v) is 5.28. The number of nitrogens with one attached hydrogen (secondary N) is 1. The number of rotatable bonds is 4. The van der Waals surface area contributed by atoms with E-state index in [0.717, 1.165) is 22.4 Å². The summed E-state index contributed by atoms with van der Waals surface area (Å²) in [6, 6.07) is 19.0. The van der Waals surface area contributed by atoms with Gasteiger partial charge in [0.1, 0.15) is 12.0 Å². The van der Waals surface area contributed by atoms with E-state index in [2.05, 4.69) is 5.32 Å². The summed E-state index contributed by atoms with van der Waals surface area (Å²) in [5.74, 6) is 0.217. The lowest BCUT2D eigenvalue weighted by Gasteiger charge is -2.31. The second-order valence-corrected chi connectivity index (χ2v) is 7.29. The van der Waals surface area contributed by atoms with Crippen molar-refractivity contribution in [3.63, 3.8) is 0 Å². The monoisotopic (exact) mass is 410 g/mol. The van der Waals surface area contributed by atoms with Gasteiger partial charge in [-0.2, -0.15) is 0 Å². The normalized spacial score (nSPS) is 18.9. The first-order valence-corrected chi connectivity index (χ1v) is 9.63. The molecule has 148 valence electrons. The Hall–Kier alpha value is -2.89. The predicted octanol–water partition coefficient (Wildman–Crippen LogP) is 5.42. The van der Waals surface area contributed by atoms with E-state index in [-0.39, 0.29) is 23.8 Å². The number of para-hydroxylation sites is 1. The molecule has 1 aliphatic heterocycles. The lowest BCUT2D eigenvalue weighted by atomic mass is 9.93. The number of nitrogens with zero attached hydrogens (tertiary/aromatic N) is 1. The zero-order chi connectivity index (χ0) is 20.4. The number of methoxy groups -OCH3 is 1. The highest BCUT2D eigenvalue weighted by Crippen LogP contribution is 2.38. The van der Waals surface area contributed by atoms with Crippen LogP contribution in [0.2, 0.25) is 5.02 Å². The van der Waals surface area contributed by atoms with E-state index in [1.165, 1.54) is 19.2 Å². The van der Waals surface area contributed by atoms with Gasteiger partial charge in [0, 0.05) is 28.8 Å². The first-order chi connectivity index (χ1) is 14.0. The molecular formula is C23H20ClFN2O2. The summed E-state index contributed by atoms with van der Waals surface area (Å²) in [5, 5.41) is 14.8. The van der Waals surface area contributed by atoms with Gasteiger partial charge in [-0.15, -0.1) is 0 Å². The Balaban J connectivity index is 1.76. The van der Waals surface area contributed by atoms with Gasteiger partial charge in [-0.25, -0.2) is 4.39 Å². The predicted molar refractivity (Wildman–Crippen MR) is 112 cm³/mol. The fourth-order valence-electron chi connectivity index (χ4n) is 3.52. The summed E-state index contributed by atoms with van der Waals surface area (Å²) in [7, 11) is 1.52. The maximum atomic E-state index is 13.4. The highest BCUT2D eigenvalue weighted by atomic mass is 35.5. The van der Waals surface area contributed by atoms with E-state index in [4.69, 9.17) is 21.3 Å². The molecule has 29 heavy (non-hydrogen) atoms. The number of phenolic OH excluding ortho intramolecular Hbond substituents is 1. The molecule has 0 radical (unpaired) electrons. The van der Waals surface area contributed by atoms with Crippen molar-refractivity contribution >= 4 is 17.3 Å². The molecule has 0 unspecified atom stereocenters. The molecule has 0 fully saturated rings. The second-order valence-electron chi connectivity index (χ2n) is 6.86. The summed E-state index contributed by atoms with van der Waals surface area (Å²) in [4.78, 5) is 4.86. The summed E-state index contributed by atoms with van der Waals surface area (Å²) >= 11 is 6.03. The topological polar surface area (TPSA) is 53.8 Å². The molecule has 6 heteroatoms. The maximum absolute atomic E-state index is 13.4. The Kier molecular flexibility index (Phi) is 5.51. The molecule has 2 atom stereocenters. The van der Waals surface area contributed by atoms with Gasteiger partial charge in [0.25, 0.3) is 0 Å². The van der Waals surface area contributed by atoms with Crippen molar-refractivity contribution in [3.8, 4) is 11.5 Å². The summed E-state index contributed by atoms with van der Waals surface area (Å²) in [6.45, 7) is 0. The molecule has 0 aromatic heterocycles. The Bertz CT molecular complexity index is 1040. The van der Waals surface area contributed by atoms with Gasteiger partial charge in [0.15, 0.2) is 11.5 Å². The molecule has 0 bridgehead atoms. The number of halogens is 2. The van der Waals surface area contributed by atoms with Crippen LogP contribution in [-0.2, 0) is 0 Å². The smallest absolute Gasteiger partial charge is 0.162 e. The molecule has 1 aliphatic rings. The number of aromatic hydroxyl groups is 1. The SMILES string of the molecule is COc1cccc([C@@H]2CC(c3ccc(Cl)cc3)=N[C@@H](c3ccc(F)cc3)N2)c1O. The number of hydrogen-bond acceptors (Lipinski definition) is 4. The molecule has 3 aromatic rings. The molecule has 1 heterocycles. The van der Waals surface area contributed by atoms with Crippen LogP contribution in [0.15, 0.2) is 71.7 Å². The molecule has 4 rings (SSSR count). The number of ether oxygens (including phenoxy) is 1. The minimum absolute atomic E-state index is 0.0997. The van der Waals surface area contributed by atoms with Gasteiger partial charge in [-0.1, -0.05) is 48.0 Å². The Morgan fingerprint density at radius 1 is 1.07 bits per heavy atom. The van der Waals surface area contributed by atoms with Crippen LogP contribution >= 0.6 is 11.6 Å². The molecule has 0 saturated heterocycles. The van der Waals surface area contributed by atoms with E-state index in [1.807, 2.05) is 36.4 Å². The summed E-state index contributed by atoms with van der Waals surface area (Å²) in [6.07, 6.45) is 0.186. The first-order valence-electron chi connectivity index (χ1n) is 9.25. The first kappa shape index (κ1) is 19.4. The van der Waals surface area contributed by atoms with Crippen molar-refractivity contribution in [2.45, 2.75) is 18.6 Å². The van der Waals surface area contributed by atoms with Crippen molar-refractivity contribution in [2.75, 3.05) is 7.11 Å². The Morgan fingerprint density at radius 3 is 2.48 bits per heavy atom. The third kappa shape index (κ3) is 4.11. The van der Waals surface area contributed by atoms with Crippen molar-refractivity contribution in [1.29, 1.82) is 0 Å². The molecule has 2 N–H and O–H groups in total. The standard InChI is InChI=1S/C23H20ClFN2O2/c1-29-21-4-2-3-18(22(21)28)20-13-19(14-5-9-16(24)10-6-14)26-23(27-20)15-7-11-17(25)12-8-15/h2-12,20,23,27-28H,13H2,1H3/t20-,23+/m0/s1. The summed E-state index contributed by atoms with van der Waals surface area (Å²) in [5.41, 5.74) is 3.39. The van der Waals surface area contributed by atoms with Gasteiger partial charge in [0.05, 0.1) is 7.11 Å². The van der Waals surface area contributed by atoms with E-state index < -0.39 is 0 Å². The van der Waals surface area contributed by atoms with Gasteiger partial charge in [-0.05, 0) is 41.5 Å².